The molecule has 7 heteroatoms. The molecule has 4 aromatic rings. The van der Waals surface area contributed by atoms with E-state index in [0.717, 1.165) is 33.7 Å². The molecule has 1 aromatic carbocycles. The Morgan fingerprint density at radius 1 is 1.00 bits per heavy atom. The molecule has 0 aliphatic heterocycles. The molecule has 0 aliphatic carbocycles. The number of hydrogen-bond acceptors (Lipinski definition) is 7. The third-order valence-electron chi connectivity index (χ3n) is 4.59. The molecule has 29 heavy (non-hydrogen) atoms. The average Bonchev–Trinajstić information content (AvgIpc) is 2.78. The van der Waals surface area contributed by atoms with E-state index in [1.54, 1.807) is 30.4 Å². The van der Waals surface area contributed by atoms with Gasteiger partial charge in [-0.05, 0) is 36.4 Å². The number of nitrogens with one attached hydrogen (secondary N) is 1. The van der Waals surface area contributed by atoms with Gasteiger partial charge in [0, 0.05) is 42.1 Å². The van der Waals surface area contributed by atoms with Crippen molar-refractivity contribution < 1.29 is 0 Å². The van der Waals surface area contributed by atoms with Crippen molar-refractivity contribution in [3.63, 3.8) is 0 Å². The number of fused-ring (bicyclic) bond motifs is 1. The normalized spacial score (nSPS) is 12.1. The highest BCUT2D eigenvalue weighted by Crippen LogP contribution is 2.29. The van der Waals surface area contributed by atoms with Gasteiger partial charge in [-0.3, -0.25) is 4.98 Å². The Bertz CT molecular complexity index is 1090. The number of thioether (sulfide) groups is 1. The van der Waals surface area contributed by atoms with Crippen LogP contribution < -0.4 is 11.1 Å². The molecular formula is C22H22N6S. The second-order valence-corrected chi connectivity index (χ2v) is 7.47. The first kappa shape index (κ1) is 19.3. The minimum Gasteiger partial charge on any atom is -0.368 e. The van der Waals surface area contributed by atoms with E-state index in [1.165, 1.54) is 5.56 Å². The third-order valence-corrected chi connectivity index (χ3v) is 5.27. The van der Waals surface area contributed by atoms with Crippen LogP contribution in [0.4, 0.5) is 5.82 Å². The standard InChI is InChI=1S/C22H22N6S/c1-29-22-19-18(9-12-25-22)21(28-20(27-19)16-7-10-24-11-8-16)26-14-17(23)13-15-5-3-2-4-6-15/h2-12,17H,13-14,23H2,1H3,(H,26,27,28)/t17-/m1/s1. The van der Waals surface area contributed by atoms with E-state index >= 15 is 0 Å². The van der Waals surface area contributed by atoms with Crippen molar-refractivity contribution >= 4 is 28.5 Å². The number of pyridine rings is 2. The van der Waals surface area contributed by atoms with Gasteiger partial charge in [0.2, 0.25) is 0 Å². The molecule has 146 valence electrons. The summed E-state index contributed by atoms with van der Waals surface area (Å²) < 4.78 is 0. The van der Waals surface area contributed by atoms with Crippen LogP contribution in [0, 0.1) is 0 Å². The lowest BCUT2D eigenvalue weighted by Crippen LogP contribution is -2.31. The minimum absolute atomic E-state index is 0.0337. The van der Waals surface area contributed by atoms with Crippen molar-refractivity contribution in [1.29, 1.82) is 0 Å². The number of hydrogen-bond donors (Lipinski definition) is 2. The topological polar surface area (TPSA) is 89.6 Å². The Morgan fingerprint density at radius 3 is 2.55 bits per heavy atom. The second-order valence-electron chi connectivity index (χ2n) is 6.68. The summed E-state index contributed by atoms with van der Waals surface area (Å²) in [6, 6.07) is 16.0. The van der Waals surface area contributed by atoms with Gasteiger partial charge < -0.3 is 11.1 Å². The zero-order valence-electron chi connectivity index (χ0n) is 16.1. The van der Waals surface area contributed by atoms with Crippen molar-refractivity contribution in [3.05, 3.63) is 72.7 Å². The lowest BCUT2D eigenvalue weighted by molar-refractivity contribution is 0.698. The maximum Gasteiger partial charge on any atom is 0.162 e. The number of nitrogens with two attached hydrogens (primary N) is 1. The summed E-state index contributed by atoms with van der Waals surface area (Å²) in [6.45, 7) is 0.605. The fourth-order valence-corrected chi connectivity index (χ4v) is 3.68. The molecule has 0 unspecified atom stereocenters. The Hall–Kier alpha value is -3.03. The zero-order chi connectivity index (χ0) is 20.1. The highest BCUT2D eigenvalue weighted by atomic mass is 32.2. The fourth-order valence-electron chi connectivity index (χ4n) is 3.16. The van der Waals surface area contributed by atoms with Crippen molar-refractivity contribution in [2.45, 2.75) is 17.5 Å². The van der Waals surface area contributed by atoms with E-state index in [-0.39, 0.29) is 6.04 Å². The Kier molecular flexibility index (Phi) is 5.97. The molecule has 3 N–H and O–H groups in total. The highest BCUT2D eigenvalue weighted by Gasteiger charge is 2.14. The van der Waals surface area contributed by atoms with Crippen molar-refractivity contribution in [1.82, 2.24) is 19.9 Å². The molecule has 1 atom stereocenters. The molecule has 0 bridgehead atoms. The first-order valence-electron chi connectivity index (χ1n) is 9.39. The second kappa shape index (κ2) is 8.98. The third kappa shape index (κ3) is 4.52. The molecule has 0 saturated carbocycles. The lowest BCUT2D eigenvalue weighted by atomic mass is 10.1. The first-order chi connectivity index (χ1) is 14.2. The number of nitrogens with zero attached hydrogens (tertiary/aromatic N) is 4. The summed E-state index contributed by atoms with van der Waals surface area (Å²) in [4.78, 5) is 18.1. The molecule has 0 fully saturated rings. The largest absolute Gasteiger partial charge is 0.368 e. The van der Waals surface area contributed by atoms with Gasteiger partial charge >= 0.3 is 0 Å². The first-order valence-corrected chi connectivity index (χ1v) is 10.6. The summed E-state index contributed by atoms with van der Waals surface area (Å²) >= 11 is 1.57. The monoisotopic (exact) mass is 402 g/mol. The van der Waals surface area contributed by atoms with Gasteiger partial charge in [0.05, 0.1) is 0 Å². The number of aromatic nitrogens is 4. The molecule has 0 saturated heterocycles. The van der Waals surface area contributed by atoms with E-state index in [4.69, 9.17) is 15.7 Å². The molecule has 3 aromatic heterocycles. The average molecular weight is 403 g/mol. The lowest BCUT2D eigenvalue weighted by Gasteiger charge is -2.16. The number of anilines is 1. The number of benzene rings is 1. The van der Waals surface area contributed by atoms with Gasteiger partial charge in [0.25, 0.3) is 0 Å². The molecule has 0 amide bonds. The maximum atomic E-state index is 6.37. The van der Waals surface area contributed by atoms with Crippen LogP contribution in [0.3, 0.4) is 0 Å². The minimum atomic E-state index is -0.0337. The Morgan fingerprint density at radius 2 is 1.79 bits per heavy atom. The van der Waals surface area contributed by atoms with Crippen LogP contribution in [0.2, 0.25) is 0 Å². The Labute approximate surface area is 174 Å². The van der Waals surface area contributed by atoms with E-state index in [1.807, 2.05) is 42.7 Å². The molecule has 3 heterocycles. The van der Waals surface area contributed by atoms with Crippen LogP contribution in [0.5, 0.6) is 0 Å². The van der Waals surface area contributed by atoms with Gasteiger partial charge in [-0.25, -0.2) is 15.0 Å². The van der Waals surface area contributed by atoms with Crippen LogP contribution in [-0.4, -0.2) is 38.8 Å². The van der Waals surface area contributed by atoms with Crippen LogP contribution in [0.15, 0.2) is 72.1 Å². The fraction of sp³-hybridized carbons (Fsp3) is 0.182. The summed E-state index contributed by atoms with van der Waals surface area (Å²) in [5.74, 6) is 1.41. The summed E-state index contributed by atoms with van der Waals surface area (Å²) in [5, 5.41) is 5.25. The molecule has 0 radical (unpaired) electrons. The summed E-state index contributed by atoms with van der Waals surface area (Å²) in [7, 11) is 0. The summed E-state index contributed by atoms with van der Waals surface area (Å²) in [6.07, 6.45) is 8.07. The highest BCUT2D eigenvalue weighted by molar-refractivity contribution is 7.98. The SMILES string of the molecule is CSc1nccc2c(NC[C@H](N)Cc3ccccc3)nc(-c3ccncc3)nc12. The predicted octanol–water partition coefficient (Wildman–Crippen LogP) is 3.79. The van der Waals surface area contributed by atoms with E-state index in [0.29, 0.717) is 12.4 Å². The van der Waals surface area contributed by atoms with E-state index in [2.05, 4.69) is 27.4 Å². The van der Waals surface area contributed by atoms with E-state index in [9.17, 15) is 0 Å². The molecular weight excluding hydrogens is 380 g/mol. The zero-order valence-corrected chi connectivity index (χ0v) is 16.9. The smallest absolute Gasteiger partial charge is 0.162 e. The van der Waals surface area contributed by atoms with E-state index < -0.39 is 0 Å². The van der Waals surface area contributed by atoms with Crippen LogP contribution in [0.25, 0.3) is 22.3 Å². The molecule has 6 nitrogen and oxygen atoms in total. The molecule has 0 aliphatic rings. The van der Waals surface area contributed by atoms with Crippen LogP contribution in [0.1, 0.15) is 5.56 Å². The number of rotatable bonds is 7. The quantitative estimate of drug-likeness (QED) is 0.455. The summed E-state index contributed by atoms with van der Waals surface area (Å²) in [5.41, 5.74) is 9.34. The molecule has 0 spiro atoms. The van der Waals surface area contributed by atoms with Gasteiger partial charge in [0.1, 0.15) is 16.4 Å². The predicted molar refractivity (Wildman–Crippen MR) is 119 cm³/mol. The molecule has 4 rings (SSSR count). The van der Waals surface area contributed by atoms with Gasteiger partial charge in [-0.2, -0.15) is 0 Å². The maximum absolute atomic E-state index is 6.37. The van der Waals surface area contributed by atoms with Crippen molar-refractivity contribution in [2.75, 3.05) is 18.1 Å². The van der Waals surface area contributed by atoms with Crippen LogP contribution >= 0.6 is 11.8 Å². The van der Waals surface area contributed by atoms with Crippen molar-refractivity contribution in [3.8, 4) is 11.4 Å². The van der Waals surface area contributed by atoms with Crippen molar-refractivity contribution in [2.24, 2.45) is 5.73 Å². The van der Waals surface area contributed by atoms with Crippen LogP contribution in [-0.2, 0) is 6.42 Å². The van der Waals surface area contributed by atoms with Gasteiger partial charge in [0.15, 0.2) is 5.82 Å². The Balaban J connectivity index is 1.65. The van der Waals surface area contributed by atoms with Gasteiger partial charge in [-0.15, -0.1) is 11.8 Å². The van der Waals surface area contributed by atoms with Gasteiger partial charge in [-0.1, -0.05) is 30.3 Å².